The topological polar surface area (TPSA) is 117 Å². The van der Waals surface area contributed by atoms with E-state index in [1.54, 1.807) is 17.0 Å². The maximum atomic E-state index is 12.3. The zero-order valence-electron chi connectivity index (χ0n) is 16.4. The van der Waals surface area contributed by atoms with Gasteiger partial charge in [0.05, 0.1) is 17.5 Å². The second-order valence-electron chi connectivity index (χ2n) is 7.98. The Morgan fingerprint density at radius 1 is 1.36 bits per heavy atom. The summed E-state index contributed by atoms with van der Waals surface area (Å²) in [7, 11) is -3.73. The highest BCUT2D eigenvalue weighted by Crippen LogP contribution is 2.19. The number of nitrogens with two attached hydrogens (primary N) is 1. The fourth-order valence-electron chi connectivity index (χ4n) is 3.24. The second kappa shape index (κ2) is 7.59. The van der Waals surface area contributed by atoms with Crippen LogP contribution in [0.2, 0.25) is 0 Å². The summed E-state index contributed by atoms with van der Waals surface area (Å²) >= 11 is 0. The van der Waals surface area contributed by atoms with Crippen LogP contribution < -0.4 is 10.5 Å². The molecule has 0 aliphatic carbocycles. The van der Waals surface area contributed by atoms with Gasteiger partial charge in [0.2, 0.25) is 10.0 Å². The largest absolute Gasteiger partial charge is 0.444 e. The summed E-state index contributed by atoms with van der Waals surface area (Å²) in [5, 5.41) is 8.45. The van der Waals surface area contributed by atoms with Crippen molar-refractivity contribution in [3.63, 3.8) is 0 Å². The molecule has 0 saturated carbocycles. The molecule has 0 aromatic heterocycles. The van der Waals surface area contributed by atoms with Crippen molar-refractivity contribution in [1.29, 1.82) is 0 Å². The fraction of sp³-hybridized carbons (Fsp3) is 0.556. The average Bonchev–Trinajstić information content (AvgIpc) is 3.00. The third-order valence-electron chi connectivity index (χ3n) is 4.54. The van der Waals surface area contributed by atoms with E-state index in [2.05, 4.69) is 15.2 Å². The quantitative estimate of drug-likeness (QED) is 0.759. The van der Waals surface area contributed by atoms with Crippen LogP contribution in [0.15, 0.2) is 34.2 Å². The molecule has 2 aliphatic heterocycles. The fourth-order valence-corrected chi connectivity index (χ4v) is 3.82. The minimum Gasteiger partial charge on any atom is -0.444 e. The number of rotatable bonds is 3. The number of nitrogens with zero attached hydrogens (tertiary/aromatic N) is 3. The van der Waals surface area contributed by atoms with Crippen LogP contribution in [-0.2, 0) is 21.3 Å². The molecule has 3 rings (SSSR count). The molecule has 28 heavy (non-hydrogen) atoms. The van der Waals surface area contributed by atoms with Crippen LogP contribution in [0, 0.1) is 0 Å². The number of amides is 1. The van der Waals surface area contributed by atoms with Crippen LogP contribution in [0.3, 0.4) is 0 Å². The highest BCUT2D eigenvalue weighted by atomic mass is 32.2. The van der Waals surface area contributed by atoms with E-state index in [1.807, 2.05) is 26.8 Å². The number of carbonyl (C=O) groups excluding carboxylic acids is 1. The van der Waals surface area contributed by atoms with Crippen molar-refractivity contribution in [1.82, 2.24) is 15.1 Å². The number of fused-ring (bicyclic) bond motifs is 1. The summed E-state index contributed by atoms with van der Waals surface area (Å²) in [4.78, 5) is 20.8. The Morgan fingerprint density at radius 2 is 2.11 bits per heavy atom. The van der Waals surface area contributed by atoms with Crippen LogP contribution >= 0.6 is 0 Å². The van der Waals surface area contributed by atoms with Gasteiger partial charge in [-0.25, -0.2) is 18.4 Å². The summed E-state index contributed by atoms with van der Waals surface area (Å²) in [6.45, 7) is 8.37. The summed E-state index contributed by atoms with van der Waals surface area (Å²) in [5.74, 6) is 0.759. The van der Waals surface area contributed by atoms with Crippen LogP contribution in [0.5, 0.6) is 0 Å². The molecule has 154 valence electrons. The number of sulfonamides is 1. The number of primary sulfonamides is 1. The van der Waals surface area contributed by atoms with Gasteiger partial charge in [0.1, 0.15) is 5.60 Å². The number of aliphatic imine (C=N–C) groups is 1. The van der Waals surface area contributed by atoms with Crippen LogP contribution in [0.4, 0.5) is 4.79 Å². The van der Waals surface area contributed by atoms with Crippen LogP contribution in [0.25, 0.3) is 0 Å². The second-order valence-corrected chi connectivity index (χ2v) is 9.55. The molecule has 1 aromatic rings. The molecule has 2 aliphatic rings. The summed E-state index contributed by atoms with van der Waals surface area (Å²) in [6.07, 6.45) is -0.298. The first-order valence-corrected chi connectivity index (χ1v) is 10.7. The number of hydrogen-bond donors (Lipinski definition) is 2. The van der Waals surface area contributed by atoms with Gasteiger partial charge in [0.15, 0.2) is 5.96 Å². The Balaban J connectivity index is 1.56. The number of piperazine rings is 1. The maximum absolute atomic E-state index is 12.3. The molecule has 1 fully saturated rings. The van der Waals surface area contributed by atoms with Gasteiger partial charge in [-0.15, -0.1) is 0 Å². The smallest absolute Gasteiger partial charge is 0.410 e. The average molecular weight is 410 g/mol. The van der Waals surface area contributed by atoms with Crippen molar-refractivity contribution in [3.8, 4) is 0 Å². The van der Waals surface area contributed by atoms with E-state index >= 15 is 0 Å². The molecule has 3 N–H and O–H groups in total. The van der Waals surface area contributed by atoms with Crippen molar-refractivity contribution in [2.75, 3.05) is 26.2 Å². The number of ether oxygens (including phenoxy) is 1. The van der Waals surface area contributed by atoms with Crippen molar-refractivity contribution >= 4 is 22.1 Å². The molecule has 2 heterocycles. The molecule has 10 heteroatoms. The lowest BCUT2D eigenvalue weighted by molar-refractivity contribution is 0.0137. The van der Waals surface area contributed by atoms with Gasteiger partial charge in [-0.1, -0.05) is 12.1 Å². The molecule has 1 aromatic carbocycles. The first-order valence-electron chi connectivity index (χ1n) is 9.17. The Bertz CT molecular complexity index is 878. The molecule has 1 saturated heterocycles. The molecular formula is C18H27N5O4S. The number of hydrogen-bond acceptors (Lipinski definition) is 7. The van der Waals surface area contributed by atoms with Crippen LogP contribution in [0.1, 0.15) is 26.3 Å². The normalized spacial score (nSPS) is 19.9. The van der Waals surface area contributed by atoms with Crippen LogP contribution in [-0.4, -0.2) is 68.1 Å². The minimum atomic E-state index is -3.73. The third-order valence-corrected chi connectivity index (χ3v) is 5.45. The Hall–Kier alpha value is -2.33. The molecule has 1 amide bonds. The summed E-state index contributed by atoms with van der Waals surface area (Å²) in [6, 6.07) is 6.62. The van der Waals surface area contributed by atoms with Crippen molar-refractivity contribution in [3.05, 3.63) is 29.8 Å². The standard InChI is InChI=1S/C18H27N5O4S/c1-18(2,3)27-17(24)22-7-8-23-14(12-22)11-21-16(23)20-10-13-5-4-6-15(9-13)28(19,25)26/h4-6,9,14H,7-8,10-12H2,1-3H3,(H,20,21)(H2,19,25,26). The van der Waals surface area contributed by atoms with Crippen molar-refractivity contribution < 1.29 is 17.9 Å². The third kappa shape index (κ3) is 4.93. The molecule has 0 bridgehead atoms. The highest BCUT2D eigenvalue weighted by molar-refractivity contribution is 7.89. The van der Waals surface area contributed by atoms with Gasteiger partial charge in [0.25, 0.3) is 0 Å². The van der Waals surface area contributed by atoms with E-state index in [0.29, 0.717) is 32.7 Å². The monoisotopic (exact) mass is 409 g/mol. The SMILES string of the molecule is CC(C)(C)OC(=O)N1CCN2C(NCc3cccc(S(N)(=O)=O)c3)=NCC2C1. The lowest BCUT2D eigenvalue weighted by Gasteiger charge is -2.39. The van der Waals surface area contributed by atoms with Gasteiger partial charge in [0, 0.05) is 26.2 Å². The van der Waals surface area contributed by atoms with Crippen molar-refractivity contribution in [2.45, 2.75) is 43.9 Å². The zero-order chi connectivity index (χ0) is 20.5. The molecule has 1 atom stereocenters. The van der Waals surface area contributed by atoms with E-state index in [0.717, 1.165) is 11.5 Å². The van der Waals surface area contributed by atoms with Gasteiger partial charge in [-0.2, -0.15) is 0 Å². The van der Waals surface area contributed by atoms with Gasteiger partial charge in [-0.3, -0.25) is 4.99 Å². The minimum absolute atomic E-state index is 0.0870. The highest BCUT2D eigenvalue weighted by Gasteiger charge is 2.36. The molecule has 1 unspecified atom stereocenters. The maximum Gasteiger partial charge on any atom is 0.410 e. The summed E-state index contributed by atoms with van der Waals surface area (Å²) < 4.78 is 28.4. The zero-order valence-corrected chi connectivity index (χ0v) is 17.2. The van der Waals surface area contributed by atoms with E-state index in [1.165, 1.54) is 6.07 Å². The predicted octanol–water partition coefficient (Wildman–Crippen LogP) is 0.715. The summed E-state index contributed by atoms with van der Waals surface area (Å²) in [5.41, 5.74) is 0.281. The molecular weight excluding hydrogens is 382 g/mol. The Kier molecular flexibility index (Phi) is 5.53. The lowest BCUT2D eigenvalue weighted by atomic mass is 10.2. The first kappa shape index (κ1) is 20.4. The number of carbonyl (C=O) groups is 1. The van der Waals surface area contributed by atoms with E-state index in [-0.39, 0.29) is 17.0 Å². The molecule has 0 spiro atoms. The predicted molar refractivity (Wildman–Crippen MR) is 105 cm³/mol. The lowest BCUT2D eigenvalue weighted by Crippen LogP contribution is -2.57. The van der Waals surface area contributed by atoms with Gasteiger partial charge >= 0.3 is 6.09 Å². The Morgan fingerprint density at radius 3 is 2.79 bits per heavy atom. The number of guanidine groups is 1. The Labute approximate surface area is 165 Å². The van der Waals surface area contributed by atoms with Gasteiger partial charge < -0.3 is 19.9 Å². The molecule has 0 radical (unpaired) electrons. The van der Waals surface area contributed by atoms with Gasteiger partial charge in [-0.05, 0) is 38.5 Å². The number of benzene rings is 1. The van der Waals surface area contributed by atoms with E-state index in [9.17, 15) is 13.2 Å². The van der Waals surface area contributed by atoms with Crippen molar-refractivity contribution in [2.24, 2.45) is 10.1 Å². The number of nitrogens with one attached hydrogen (secondary N) is 1. The first-order chi connectivity index (χ1) is 13.0. The van der Waals surface area contributed by atoms with E-state index < -0.39 is 15.6 Å². The van der Waals surface area contributed by atoms with E-state index in [4.69, 9.17) is 9.88 Å². The molecule has 9 nitrogen and oxygen atoms in total.